The number of benzene rings is 3. The number of pyridine rings is 1. The first-order valence-corrected chi connectivity index (χ1v) is 24.2. The lowest BCUT2D eigenvalue weighted by Gasteiger charge is -2.44. The first-order chi connectivity index (χ1) is 28.9. The molecule has 1 saturated heterocycles. The number of imide groups is 1. The number of aromatic hydroxyl groups is 1. The number of nitrogens with zero attached hydrogens (tertiary/aromatic N) is 2. The van der Waals surface area contributed by atoms with E-state index in [4.69, 9.17) is 9.16 Å². The largest absolute Gasteiger partial charge is 0.504 e. The molecule has 2 fully saturated rings. The smallest absolute Gasteiger partial charge is 0.261 e. The van der Waals surface area contributed by atoms with Crippen molar-refractivity contribution in [2.45, 2.75) is 89.3 Å². The fourth-order valence-electron chi connectivity index (χ4n) is 10.1. The summed E-state index contributed by atoms with van der Waals surface area (Å²) in [4.78, 5) is 35.1. The van der Waals surface area contributed by atoms with Gasteiger partial charge in [-0.1, -0.05) is 107 Å². The van der Waals surface area contributed by atoms with Gasteiger partial charge in [0.1, 0.15) is 0 Å². The molecule has 3 aromatic carbocycles. The van der Waals surface area contributed by atoms with Crippen molar-refractivity contribution in [2.24, 2.45) is 17.8 Å². The molecule has 316 valence electrons. The Morgan fingerprint density at radius 3 is 2.18 bits per heavy atom. The van der Waals surface area contributed by atoms with Crippen LogP contribution in [-0.2, 0) is 14.0 Å². The highest BCUT2D eigenvalue weighted by Gasteiger charge is 2.57. The predicted molar refractivity (Wildman–Crippen MR) is 246 cm³/mol. The number of allylic oxidation sites excluding steroid dienone is 1. The summed E-state index contributed by atoms with van der Waals surface area (Å²) in [6.07, 6.45) is 8.22. The highest BCUT2D eigenvalue weighted by atomic mass is 127. The maximum absolute atomic E-state index is 14.5. The molecule has 1 aromatic heterocycles. The number of carbonyl (C=O) groups is 2. The molecule has 0 unspecified atom stereocenters. The summed E-state index contributed by atoms with van der Waals surface area (Å²) in [6.45, 7) is 6.40. The monoisotopic (exact) mass is 940 g/mol. The van der Waals surface area contributed by atoms with Crippen molar-refractivity contribution in [3.63, 3.8) is 0 Å². The van der Waals surface area contributed by atoms with Crippen LogP contribution >= 0.6 is 22.6 Å². The Morgan fingerprint density at radius 2 is 1.60 bits per heavy atom. The normalized spacial score (nSPS) is 21.0. The van der Waals surface area contributed by atoms with Gasteiger partial charge in [0.2, 0.25) is 11.8 Å². The minimum Gasteiger partial charge on any atom is -0.504 e. The second-order valence-electron chi connectivity index (χ2n) is 17.5. The van der Waals surface area contributed by atoms with E-state index in [1.165, 1.54) is 12.0 Å². The second-order valence-corrected chi connectivity index (χ2v) is 22.9. The van der Waals surface area contributed by atoms with Crippen molar-refractivity contribution in [3.05, 3.63) is 123 Å². The third-order valence-corrected chi connectivity index (χ3v) is 18.7. The lowest BCUT2D eigenvalue weighted by molar-refractivity contribution is -0.143. The first-order valence-electron chi connectivity index (χ1n) is 21.2. The van der Waals surface area contributed by atoms with Crippen molar-refractivity contribution < 1.29 is 34.1 Å². The number of aliphatic hydroxyl groups excluding tert-OH is 2. The summed E-state index contributed by atoms with van der Waals surface area (Å²) in [6, 6.07) is 29.9. The van der Waals surface area contributed by atoms with Crippen molar-refractivity contribution >= 4 is 64.7 Å². The third-order valence-electron chi connectivity index (χ3n) is 12.9. The van der Waals surface area contributed by atoms with Gasteiger partial charge in [0.15, 0.2) is 11.5 Å². The van der Waals surface area contributed by atoms with Crippen molar-refractivity contribution in [3.8, 4) is 11.5 Å². The highest BCUT2D eigenvalue weighted by Crippen LogP contribution is 2.49. The average molecular weight is 941 g/mol. The Morgan fingerprint density at radius 1 is 0.950 bits per heavy atom. The number of fused-ring (bicyclic) bond motifs is 1. The van der Waals surface area contributed by atoms with Gasteiger partial charge in [0, 0.05) is 18.2 Å². The molecule has 0 radical (unpaired) electrons. The fraction of sp³-hybridized carbons (Fsp3) is 0.408. The summed E-state index contributed by atoms with van der Waals surface area (Å²) in [5, 5.41) is 36.3. The van der Waals surface area contributed by atoms with Gasteiger partial charge >= 0.3 is 0 Å². The van der Waals surface area contributed by atoms with Crippen LogP contribution in [0.1, 0.15) is 83.4 Å². The highest BCUT2D eigenvalue weighted by molar-refractivity contribution is 14.1. The molecule has 3 aliphatic rings. The van der Waals surface area contributed by atoms with Crippen LogP contribution in [-0.4, -0.2) is 77.8 Å². The van der Waals surface area contributed by atoms with Crippen molar-refractivity contribution in [2.75, 3.05) is 20.3 Å². The molecule has 4 aromatic rings. The van der Waals surface area contributed by atoms with Crippen molar-refractivity contribution in [1.29, 1.82) is 0 Å². The fourth-order valence-corrected chi connectivity index (χ4v) is 15.3. The number of aromatic nitrogens is 1. The molecular formula is C49H57IN2O7Si. The molecule has 4 atom stereocenters. The molecule has 2 aliphatic carbocycles. The number of hydrogen-bond acceptors (Lipinski definition) is 8. The summed E-state index contributed by atoms with van der Waals surface area (Å²) in [5.41, 5.74) is 3.77. The Kier molecular flexibility index (Phi) is 13.8. The van der Waals surface area contributed by atoms with Gasteiger partial charge in [-0.25, -0.2) is 0 Å². The number of carbonyl (C=O) groups excluding carboxylic acids is 2. The number of aliphatic hydroxyl groups is 2. The van der Waals surface area contributed by atoms with Crippen LogP contribution in [0.25, 0.3) is 11.6 Å². The van der Waals surface area contributed by atoms with E-state index in [-0.39, 0.29) is 54.7 Å². The maximum atomic E-state index is 14.5. The number of phenolic OH excluding ortho intramolecular Hbond substituents is 1. The minimum absolute atomic E-state index is 0.0671. The van der Waals surface area contributed by atoms with E-state index in [0.29, 0.717) is 21.3 Å². The number of halogens is 1. The quantitative estimate of drug-likeness (QED) is 0.0504. The van der Waals surface area contributed by atoms with E-state index < -0.39 is 32.2 Å². The van der Waals surface area contributed by atoms with Crippen LogP contribution in [0, 0.1) is 21.3 Å². The second kappa shape index (κ2) is 18.9. The molecule has 11 heteroatoms. The Balaban J connectivity index is 1.30. The molecule has 9 nitrogen and oxygen atoms in total. The molecule has 0 spiro atoms. The van der Waals surface area contributed by atoms with Gasteiger partial charge in [-0.2, -0.15) is 0 Å². The zero-order chi connectivity index (χ0) is 42.6. The van der Waals surface area contributed by atoms with Gasteiger partial charge in [0.25, 0.3) is 8.32 Å². The van der Waals surface area contributed by atoms with Crippen LogP contribution < -0.4 is 15.1 Å². The van der Waals surface area contributed by atoms with Gasteiger partial charge in [-0.05, 0) is 123 Å². The molecule has 7 rings (SSSR count). The number of phenols is 1. The summed E-state index contributed by atoms with van der Waals surface area (Å²) in [5.74, 6) is -2.12. The van der Waals surface area contributed by atoms with E-state index >= 15 is 0 Å². The molecule has 2 heterocycles. The zero-order valence-electron chi connectivity index (χ0n) is 35.0. The van der Waals surface area contributed by atoms with Crippen LogP contribution in [0.5, 0.6) is 11.5 Å². The van der Waals surface area contributed by atoms with Gasteiger partial charge < -0.3 is 24.5 Å². The van der Waals surface area contributed by atoms with E-state index in [0.717, 1.165) is 64.9 Å². The predicted octanol–water partition coefficient (Wildman–Crippen LogP) is 7.90. The molecule has 2 amide bonds. The lowest BCUT2D eigenvalue weighted by Crippen LogP contribution is -2.66. The molecule has 0 bridgehead atoms. The maximum Gasteiger partial charge on any atom is 0.261 e. The van der Waals surface area contributed by atoms with E-state index in [9.17, 15) is 24.9 Å². The van der Waals surface area contributed by atoms with Crippen LogP contribution in [0.4, 0.5) is 0 Å². The number of likely N-dealkylation sites (tertiary alicyclic amines) is 1. The molecule has 60 heavy (non-hydrogen) atoms. The van der Waals surface area contributed by atoms with Crippen molar-refractivity contribution in [1.82, 2.24) is 9.88 Å². The number of hydrogen-bond donors (Lipinski definition) is 3. The van der Waals surface area contributed by atoms with E-state index in [2.05, 4.69) is 72.6 Å². The SMILES string of the molecule is COc1cc(/C=C(/CC[C@@H](O)C2=C(CO[Si](c3ccccc3)(c3ccccc3)C(C)(C)C)C[C@H]3C(=O)N(C4CCCCC4)C(=O)[C@H]3[C@H]2CO)c2ccccn2)cc(I)c1O. The van der Waals surface area contributed by atoms with Crippen LogP contribution in [0.15, 0.2) is 108 Å². The third kappa shape index (κ3) is 8.65. The zero-order valence-corrected chi connectivity index (χ0v) is 38.2. The number of amides is 2. The molecular weight excluding hydrogens is 884 g/mol. The topological polar surface area (TPSA) is 129 Å². The minimum atomic E-state index is -3.06. The standard InChI is InChI=1S/C49H57IN2O7Si/c1-49(2,3)60(36-18-10-6-11-19-36,37-20-12-7-13-21-37)59-31-34-29-38-45(48(57)52(47(38)56)35-16-8-5-9-17-35)39(30-53)44(34)42(54)24-23-33(41-22-14-15-25-51-41)26-32-27-40(50)46(55)43(28-32)58-4/h6-7,10-15,18-22,25-28,35,38-39,42,45,53-55H,5,8-9,16-17,23-24,29-31H2,1-4H3/b33-26-/t38-,39+,42-,45-/m1/s1. The Bertz CT molecular complexity index is 2160. The number of ether oxygens (including phenoxy) is 1. The average Bonchev–Trinajstić information content (AvgIpc) is 3.51. The van der Waals surface area contributed by atoms with Gasteiger partial charge in [0.05, 0.1) is 47.5 Å². The summed E-state index contributed by atoms with van der Waals surface area (Å²) >= 11 is 2.08. The van der Waals surface area contributed by atoms with Gasteiger partial charge in [-0.15, -0.1) is 0 Å². The molecule has 3 N–H and O–H groups in total. The lowest BCUT2D eigenvalue weighted by atomic mass is 9.68. The number of rotatable bonds is 14. The molecule has 1 aliphatic heterocycles. The first kappa shape index (κ1) is 43.9. The summed E-state index contributed by atoms with van der Waals surface area (Å²) in [7, 11) is -1.55. The van der Waals surface area contributed by atoms with Crippen LogP contribution in [0.2, 0.25) is 5.04 Å². The van der Waals surface area contributed by atoms with E-state index in [1.807, 2.05) is 66.7 Å². The Hall–Kier alpha value is -4.14. The Labute approximate surface area is 368 Å². The van der Waals surface area contributed by atoms with Crippen LogP contribution in [0.3, 0.4) is 0 Å². The number of methoxy groups -OCH3 is 1. The van der Waals surface area contributed by atoms with Gasteiger partial charge in [-0.3, -0.25) is 19.5 Å². The summed E-state index contributed by atoms with van der Waals surface area (Å²) < 4.78 is 13.6. The molecule has 1 saturated carbocycles. The van der Waals surface area contributed by atoms with E-state index in [1.54, 1.807) is 12.3 Å².